The van der Waals surface area contributed by atoms with Gasteiger partial charge in [-0.2, -0.15) is 0 Å². The smallest absolute Gasteiger partial charge is 0.236 e. The van der Waals surface area contributed by atoms with Crippen LogP contribution in [0.25, 0.3) is 10.8 Å². The van der Waals surface area contributed by atoms with Crippen molar-refractivity contribution in [2.75, 3.05) is 20.2 Å². The van der Waals surface area contributed by atoms with Gasteiger partial charge in [0.25, 0.3) is 0 Å². The van der Waals surface area contributed by atoms with Crippen LogP contribution < -0.4 is 5.73 Å². The van der Waals surface area contributed by atoms with Crippen LogP contribution in [0.3, 0.4) is 0 Å². The number of hydrogen-bond acceptors (Lipinski definition) is 6. The zero-order valence-corrected chi connectivity index (χ0v) is 15.2. The second kappa shape index (κ2) is 8.26. The van der Waals surface area contributed by atoms with Gasteiger partial charge in [0.15, 0.2) is 0 Å². The van der Waals surface area contributed by atoms with Crippen LogP contribution in [0.15, 0.2) is 21.9 Å². The first-order valence-corrected chi connectivity index (χ1v) is 8.56. The Balaban J connectivity index is 0.00000192. The molecule has 2 unspecified atom stereocenters. The van der Waals surface area contributed by atoms with Crippen LogP contribution in [-0.4, -0.2) is 42.2 Å². The lowest BCUT2D eigenvalue weighted by Crippen LogP contribution is -2.48. The van der Waals surface area contributed by atoms with Crippen LogP contribution in [-0.2, 0) is 11.3 Å². The van der Waals surface area contributed by atoms with Gasteiger partial charge in [0.1, 0.15) is 5.76 Å². The fraction of sp³-hybridized carbons (Fsp3) is 0.562. The standard InChI is InChI=1S/C16H23N3O2S.ClH/c1-11-14(18-16(21-11)15-4-3-7-22-15)10-19-6-5-13(20-2)8-12(19)9-17;/h3-4,7,12-13H,5-6,8-10,17H2,1-2H3;1H. The lowest BCUT2D eigenvalue weighted by atomic mass is 9.99. The van der Waals surface area contributed by atoms with E-state index in [4.69, 9.17) is 14.9 Å². The minimum atomic E-state index is 0. The number of nitrogens with two attached hydrogens (primary N) is 1. The van der Waals surface area contributed by atoms with Crippen LogP contribution in [0.2, 0.25) is 0 Å². The van der Waals surface area contributed by atoms with E-state index in [9.17, 15) is 0 Å². The average Bonchev–Trinajstić information content (AvgIpc) is 3.18. The molecule has 23 heavy (non-hydrogen) atoms. The molecular weight excluding hydrogens is 334 g/mol. The summed E-state index contributed by atoms with van der Waals surface area (Å²) < 4.78 is 11.3. The van der Waals surface area contributed by atoms with Crippen molar-refractivity contribution in [1.82, 2.24) is 9.88 Å². The Labute approximate surface area is 147 Å². The van der Waals surface area contributed by atoms with Gasteiger partial charge in [-0.25, -0.2) is 4.98 Å². The van der Waals surface area contributed by atoms with Crippen molar-refractivity contribution >= 4 is 23.7 Å². The summed E-state index contributed by atoms with van der Waals surface area (Å²) in [4.78, 5) is 8.16. The molecule has 0 amide bonds. The first-order valence-electron chi connectivity index (χ1n) is 7.68. The largest absolute Gasteiger partial charge is 0.440 e. The van der Waals surface area contributed by atoms with Crippen molar-refractivity contribution in [3.05, 3.63) is 29.0 Å². The predicted molar refractivity (Wildman–Crippen MR) is 95.1 cm³/mol. The fourth-order valence-electron chi connectivity index (χ4n) is 3.00. The lowest BCUT2D eigenvalue weighted by molar-refractivity contribution is 0.00970. The molecule has 1 aliphatic heterocycles. The molecule has 7 heteroatoms. The second-order valence-electron chi connectivity index (χ2n) is 5.74. The van der Waals surface area contributed by atoms with Gasteiger partial charge in [0.2, 0.25) is 5.89 Å². The topological polar surface area (TPSA) is 64.5 Å². The van der Waals surface area contributed by atoms with Gasteiger partial charge in [0.05, 0.1) is 16.7 Å². The van der Waals surface area contributed by atoms with Crippen LogP contribution in [0.1, 0.15) is 24.3 Å². The molecule has 1 saturated heterocycles. The molecule has 1 fully saturated rings. The second-order valence-corrected chi connectivity index (χ2v) is 6.69. The van der Waals surface area contributed by atoms with E-state index in [1.165, 1.54) is 0 Å². The first kappa shape index (κ1) is 18.4. The number of methoxy groups -OCH3 is 1. The van der Waals surface area contributed by atoms with E-state index in [2.05, 4.69) is 9.88 Å². The van der Waals surface area contributed by atoms with Crippen LogP contribution in [0, 0.1) is 6.92 Å². The highest BCUT2D eigenvalue weighted by atomic mass is 35.5. The van der Waals surface area contributed by atoms with Crippen molar-refractivity contribution in [3.63, 3.8) is 0 Å². The van der Waals surface area contributed by atoms with Crippen LogP contribution >= 0.6 is 23.7 Å². The van der Waals surface area contributed by atoms with E-state index in [1.54, 1.807) is 18.4 Å². The average molecular weight is 358 g/mol. The summed E-state index contributed by atoms with van der Waals surface area (Å²) in [5.41, 5.74) is 6.96. The van der Waals surface area contributed by atoms with Gasteiger partial charge in [0, 0.05) is 32.8 Å². The number of piperidine rings is 1. The summed E-state index contributed by atoms with van der Waals surface area (Å²) >= 11 is 1.65. The van der Waals surface area contributed by atoms with Crippen molar-refractivity contribution in [2.45, 2.75) is 38.5 Å². The molecule has 0 spiro atoms. The van der Waals surface area contributed by atoms with E-state index in [1.807, 2.05) is 24.4 Å². The Hall–Kier alpha value is -0.920. The zero-order valence-electron chi connectivity index (χ0n) is 13.5. The maximum Gasteiger partial charge on any atom is 0.236 e. The molecule has 3 heterocycles. The van der Waals surface area contributed by atoms with Crippen molar-refractivity contribution < 1.29 is 9.15 Å². The summed E-state index contributed by atoms with van der Waals surface area (Å²) in [7, 11) is 1.78. The summed E-state index contributed by atoms with van der Waals surface area (Å²) in [6, 6.07) is 4.39. The van der Waals surface area contributed by atoms with Gasteiger partial charge in [-0.3, -0.25) is 4.90 Å². The number of rotatable bonds is 5. The van der Waals surface area contributed by atoms with Gasteiger partial charge < -0.3 is 14.9 Å². The Morgan fingerprint density at radius 2 is 2.35 bits per heavy atom. The number of thiophene rings is 1. The SMILES string of the molecule is COC1CCN(Cc2nc(-c3cccs3)oc2C)C(CN)C1.Cl. The number of aryl methyl sites for hydroxylation is 1. The Bertz CT molecular complexity index is 602. The molecule has 0 radical (unpaired) electrons. The van der Waals surface area contributed by atoms with Crippen molar-refractivity contribution in [1.29, 1.82) is 0 Å². The molecular formula is C16H24ClN3O2S. The molecule has 2 atom stereocenters. The number of hydrogen-bond donors (Lipinski definition) is 1. The number of nitrogens with zero attached hydrogens (tertiary/aromatic N) is 2. The Morgan fingerprint density at radius 3 is 3.00 bits per heavy atom. The van der Waals surface area contributed by atoms with E-state index in [0.29, 0.717) is 18.7 Å². The number of aromatic nitrogens is 1. The molecule has 2 aromatic rings. The third kappa shape index (κ3) is 4.14. The molecule has 2 N–H and O–H groups in total. The summed E-state index contributed by atoms with van der Waals surface area (Å²) in [5, 5.41) is 2.04. The molecule has 0 aliphatic carbocycles. The molecule has 128 valence electrons. The lowest BCUT2D eigenvalue weighted by Gasteiger charge is -2.38. The number of ether oxygens (including phenoxy) is 1. The van der Waals surface area contributed by atoms with Crippen LogP contribution in [0.5, 0.6) is 0 Å². The highest BCUT2D eigenvalue weighted by Gasteiger charge is 2.28. The zero-order chi connectivity index (χ0) is 15.5. The number of oxazole rings is 1. The van der Waals surface area contributed by atoms with E-state index in [-0.39, 0.29) is 12.4 Å². The van der Waals surface area contributed by atoms with E-state index >= 15 is 0 Å². The Kier molecular flexibility index (Phi) is 6.61. The van der Waals surface area contributed by atoms with Gasteiger partial charge in [-0.15, -0.1) is 23.7 Å². The molecule has 0 saturated carbocycles. The minimum absolute atomic E-state index is 0. The highest BCUT2D eigenvalue weighted by Crippen LogP contribution is 2.28. The Morgan fingerprint density at radius 1 is 1.52 bits per heavy atom. The minimum Gasteiger partial charge on any atom is -0.440 e. The first-order chi connectivity index (χ1) is 10.7. The van der Waals surface area contributed by atoms with Gasteiger partial charge >= 0.3 is 0 Å². The predicted octanol–water partition coefficient (Wildman–Crippen LogP) is 3.07. The third-order valence-electron chi connectivity index (χ3n) is 4.37. The fourth-order valence-corrected chi connectivity index (χ4v) is 3.65. The monoisotopic (exact) mass is 357 g/mol. The van der Waals surface area contributed by atoms with E-state index in [0.717, 1.165) is 48.2 Å². The normalized spacial score (nSPS) is 22.0. The molecule has 0 bridgehead atoms. The number of likely N-dealkylation sites (tertiary alicyclic amines) is 1. The summed E-state index contributed by atoms with van der Waals surface area (Å²) in [6.45, 7) is 4.41. The highest BCUT2D eigenvalue weighted by molar-refractivity contribution is 7.13. The van der Waals surface area contributed by atoms with Crippen molar-refractivity contribution in [2.24, 2.45) is 5.73 Å². The maximum absolute atomic E-state index is 5.95. The van der Waals surface area contributed by atoms with Crippen molar-refractivity contribution in [3.8, 4) is 10.8 Å². The quantitative estimate of drug-likeness (QED) is 0.890. The van der Waals surface area contributed by atoms with Gasteiger partial charge in [-0.1, -0.05) is 6.07 Å². The summed E-state index contributed by atoms with van der Waals surface area (Å²) in [5.74, 6) is 1.62. The van der Waals surface area contributed by atoms with Gasteiger partial charge in [-0.05, 0) is 31.2 Å². The molecule has 3 rings (SSSR count). The van der Waals surface area contributed by atoms with Crippen LogP contribution in [0.4, 0.5) is 0 Å². The number of halogens is 1. The summed E-state index contributed by atoms with van der Waals surface area (Å²) in [6.07, 6.45) is 2.36. The molecule has 0 aromatic carbocycles. The maximum atomic E-state index is 5.95. The van der Waals surface area contributed by atoms with E-state index < -0.39 is 0 Å². The molecule has 1 aliphatic rings. The third-order valence-corrected chi connectivity index (χ3v) is 5.23. The molecule has 5 nitrogen and oxygen atoms in total. The molecule has 2 aromatic heterocycles.